The van der Waals surface area contributed by atoms with Gasteiger partial charge in [-0.3, -0.25) is 4.79 Å². The molecule has 0 radical (unpaired) electrons. The monoisotopic (exact) mass is 522 g/mol. The minimum absolute atomic E-state index is 0.0679. The van der Waals surface area contributed by atoms with Crippen molar-refractivity contribution in [1.82, 2.24) is 24.8 Å². The Hall–Kier alpha value is -3.67. The molecule has 1 fully saturated rings. The van der Waals surface area contributed by atoms with Crippen molar-refractivity contribution in [3.05, 3.63) is 70.6 Å². The summed E-state index contributed by atoms with van der Waals surface area (Å²) in [6, 6.07) is 11.9. The van der Waals surface area contributed by atoms with Crippen molar-refractivity contribution in [2.24, 2.45) is 5.41 Å². The summed E-state index contributed by atoms with van der Waals surface area (Å²) in [5.74, 6) is 0.490. The first-order valence-corrected chi connectivity index (χ1v) is 12.6. The molecule has 1 amide bonds. The molecule has 1 aromatic carbocycles. The first-order chi connectivity index (χ1) is 17.8. The van der Waals surface area contributed by atoms with E-state index in [0.29, 0.717) is 41.0 Å². The number of H-pyrrole nitrogens is 1. The fourth-order valence-electron chi connectivity index (χ4n) is 4.10. The molecular weight excluding hydrogens is 495 g/mol. The maximum atomic E-state index is 13.6. The van der Waals surface area contributed by atoms with Crippen molar-refractivity contribution in [3.8, 4) is 22.6 Å². The van der Waals surface area contributed by atoms with Gasteiger partial charge < -0.3 is 24.7 Å². The molecule has 0 atom stereocenters. The number of amides is 1. The highest BCUT2D eigenvalue weighted by Gasteiger charge is 2.41. The smallest absolute Gasteiger partial charge is 0.232 e. The lowest BCUT2D eigenvalue weighted by atomic mass is 9.90. The van der Waals surface area contributed by atoms with E-state index in [1.165, 1.54) is 17.0 Å². The zero-order valence-corrected chi connectivity index (χ0v) is 21.5. The molecule has 2 N–H and O–H groups in total. The van der Waals surface area contributed by atoms with Crippen LogP contribution in [0.2, 0.25) is 0 Å². The van der Waals surface area contributed by atoms with Crippen molar-refractivity contribution < 1.29 is 18.7 Å². The van der Waals surface area contributed by atoms with Gasteiger partial charge >= 0.3 is 0 Å². The van der Waals surface area contributed by atoms with Gasteiger partial charge in [0, 0.05) is 30.7 Å². The summed E-state index contributed by atoms with van der Waals surface area (Å²) in [6.07, 6.45) is 0.870. The lowest BCUT2D eigenvalue weighted by Gasteiger charge is -2.36. The third-order valence-electron chi connectivity index (χ3n) is 6.00. The van der Waals surface area contributed by atoms with Crippen molar-refractivity contribution >= 4 is 23.2 Å². The number of aromatic nitrogens is 4. The number of anilines is 1. The Morgan fingerprint density at radius 2 is 1.95 bits per heavy atom. The molecule has 5 rings (SSSR count). The molecule has 0 aliphatic carbocycles. The predicted octanol–water partition coefficient (Wildman–Crippen LogP) is 4.49. The first-order valence-electron chi connectivity index (χ1n) is 11.7. The van der Waals surface area contributed by atoms with Gasteiger partial charge in [0.1, 0.15) is 5.82 Å². The standard InChI is InChI=1S/C26H27FN6O3S/c1-26(24(34)33(2)3)14-35-23(36-15-26)22-31-20(16-6-8-17(27)9-7-16)21(32-22)19-10-11-28-25(30-19)29-13-18-5-4-12-37-18/h4-12,23H,13-15H2,1-3H3,(H,31,32)(H,28,29,30). The summed E-state index contributed by atoms with van der Waals surface area (Å²) in [7, 11) is 3.41. The Morgan fingerprint density at radius 1 is 1.19 bits per heavy atom. The minimum Gasteiger partial charge on any atom is -0.349 e. The molecule has 37 heavy (non-hydrogen) atoms. The van der Waals surface area contributed by atoms with Gasteiger partial charge in [-0.05, 0) is 48.7 Å². The maximum absolute atomic E-state index is 13.6. The zero-order valence-electron chi connectivity index (χ0n) is 20.7. The van der Waals surface area contributed by atoms with E-state index in [2.05, 4.69) is 20.3 Å². The molecule has 0 bridgehead atoms. The fraction of sp³-hybridized carbons (Fsp3) is 0.308. The van der Waals surface area contributed by atoms with Crippen LogP contribution in [0.4, 0.5) is 10.3 Å². The molecule has 11 heteroatoms. The number of ether oxygens (including phenoxy) is 2. The Kier molecular flexibility index (Phi) is 7.00. The number of rotatable bonds is 7. The van der Waals surface area contributed by atoms with E-state index in [4.69, 9.17) is 14.5 Å². The van der Waals surface area contributed by atoms with Crippen LogP contribution in [0.5, 0.6) is 0 Å². The lowest BCUT2D eigenvalue weighted by Crippen LogP contribution is -2.48. The normalized spacial score (nSPS) is 19.5. The van der Waals surface area contributed by atoms with Crippen LogP contribution in [0.25, 0.3) is 22.6 Å². The maximum Gasteiger partial charge on any atom is 0.232 e. The number of hydrogen-bond acceptors (Lipinski definition) is 8. The number of thiophene rings is 1. The summed E-state index contributed by atoms with van der Waals surface area (Å²) < 4.78 is 25.5. The average Bonchev–Trinajstić information content (AvgIpc) is 3.59. The van der Waals surface area contributed by atoms with Gasteiger partial charge in [-0.25, -0.2) is 19.3 Å². The van der Waals surface area contributed by atoms with Gasteiger partial charge in [-0.1, -0.05) is 6.07 Å². The van der Waals surface area contributed by atoms with Crippen LogP contribution in [0, 0.1) is 11.2 Å². The van der Waals surface area contributed by atoms with Crippen LogP contribution < -0.4 is 5.32 Å². The molecule has 4 aromatic rings. The first kappa shape index (κ1) is 25.0. The van der Waals surface area contributed by atoms with Crippen molar-refractivity contribution in [1.29, 1.82) is 0 Å². The third kappa shape index (κ3) is 5.38. The number of imidazole rings is 1. The van der Waals surface area contributed by atoms with E-state index in [1.807, 2.05) is 24.4 Å². The van der Waals surface area contributed by atoms with Crippen molar-refractivity contribution in [3.63, 3.8) is 0 Å². The Bertz CT molecular complexity index is 1370. The Balaban J connectivity index is 1.44. The van der Waals surface area contributed by atoms with Crippen LogP contribution in [0.15, 0.2) is 54.0 Å². The topological polar surface area (TPSA) is 105 Å². The molecular formula is C26H27FN6O3S. The number of benzene rings is 1. The predicted molar refractivity (Wildman–Crippen MR) is 138 cm³/mol. The highest BCUT2D eigenvalue weighted by Crippen LogP contribution is 2.36. The number of carbonyl (C=O) groups excluding carboxylic acids is 1. The van der Waals surface area contributed by atoms with E-state index < -0.39 is 11.7 Å². The van der Waals surface area contributed by atoms with E-state index in [0.717, 1.165) is 4.88 Å². The summed E-state index contributed by atoms with van der Waals surface area (Å²) in [5.41, 5.74) is 1.71. The van der Waals surface area contributed by atoms with E-state index >= 15 is 0 Å². The summed E-state index contributed by atoms with van der Waals surface area (Å²) in [4.78, 5) is 32.3. The summed E-state index contributed by atoms with van der Waals surface area (Å²) in [5, 5.41) is 5.26. The van der Waals surface area contributed by atoms with Gasteiger partial charge in [0.15, 0.2) is 5.82 Å². The molecule has 3 aromatic heterocycles. The van der Waals surface area contributed by atoms with Crippen molar-refractivity contribution in [2.45, 2.75) is 19.8 Å². The Morgan fingerprint density at radius 3 is 2.62 bits per heavy atom. The third-order valence-corrected chi connectivity index (χ3v) is 6.88. The SMILES string of the molecule is CN(C)C(=O)C1(C)COC(c2nc(-c3ccc(F)cc3)c(-c3ccnc(NCc4cccs4)n3)[nH]2)OC1. The fourth-order valence-corrected chi connectivity index (χ4v) is 4.74. The van der Waals surface area contributed by atoms with Gasteiger partial charge in [0.05, 0.1) is 42.3 Å². The van der Waals surface area contributed by atoms with E-state index in [1.54, 1.807) is 49.8 Å². The van der Waals surface area contributed by atoms with E-state index in [-0.39, 0.29) is 24.9 Å². The number of halogens is 1. The number of hydrogen-bond donors (Lipinski definition) is 2. The minimum atomic E-state index is -0.797. The lowest BCUT2D eigenvalue weighted by molar-refractivity contribution is -0.233. The highest BCUT2D eigenvalue weighted by atomic mass is 32.1. The Labute approximate surface area is 217 Å². The molecule has 0 spiro atoms. The van der Waals surface area contributed by atoms with Gasteiger partial charge in [-0.15, -0.1) is 11.3 Å². The molecule has 4 heterocycles. The molecule has 1 saturated heterocycles. The van der Waals surface area contributed by atoms with Crippen molar-refractivity contribution in [2.75, 3.05) is 32.6 Å². The second-order valence-corrected chi connectivity index (χ2v) is 10.3. The molecule has 1 aliphatic heterocycles. The van der Waals surface area contributed by atoms with Crippen LogP contribution in [0.3, 0.4) is 0 Å². The second-order valence-electron chi connectivity index (χ2n) is 9.27. The summed E-state index contributed by atoms with van der Waals surface area (Å²) in [6.45, 7) is 2.78. The van der Waals surface area contributed by atoms with Crippen LogP contribution in [0.1, 0.15) is 23.9 Å². The van der Waals surface area contributed by atoms with Crippen LogP contribution in [-0.2, 0) is 20.8 Å². The van der Waals surface area contributed by atoms with Gasteiger partial charge in [0.2, 0.25) is 18.1 Å². The number of carbonyl (C=O) groups is 1. The average molecular weight is 523 g/mol. The summed E-state index contributed by atoms with van der Waals surface area (Å²) >= 11 is 1.65. The molecule has 9 nitrogen and oxygen atoms in total. The van der Waals surface area contributed by atoms with Crippen LogP contribution >= 0.6 is 11.3 Å². The molecule has 0 unspecified atom stereocenters. The van der Waals surface area contributed by atoms with E-state index in [9.17, 15) is 9.18 Å². The largest absolute Gasteiger partial charge is 0.349 e. The second kappa shape index (κ2) is 10.4. The zero-order chi connectivity index (χ0) is 26.0. The van der Waals surface area contributed by atoms with Gasteiger partial charge in [0.25, 0.3) is 0 Å². The molecule has 1 aliphatic rings. The number of nitrogens with one attached hydrogen (secondary N) is 2. The van der Waals surface area contributed by atoms with Gasteiger partial charge in [-0.2, -0.15) is 0 Å². The number of aromatic amines is 1. The molecule has 0 saturated carbocycles. The quantitative estimate of drug-likeness (QED) is 0.369. The van der Waals surface area contributed by atoms with Crippen LogP contribution in [-0.4, -0.2) is 58.1 Å². The highest BCUT2D eigenvalue weighted by molar-refractivity contribution is 7.09. The molecule has 192 valence electrons. The number of nitrogens with zero attached hydrogens (tertiary/aromatic N) is 4.